The summed E-state index contributed by atoms with van der Waals surface area (Å²) in [5.41, 5.74) is 3.52. The molecule has 0 saturated carbocycles. The van der Waals surface area contributed by atoms with Crippen LogP contribution in [0.3, 0.4) is 0 Å². The first kappa shape index (κ1) is 24.9. The standard InChI is InChI=1S/C23H24FN3O6S/c1-31-10-9-17(15-12-34-22-13(15)5-4-6-16(22)24)26-27-19(28)11-25-23(30)14-7-8-18(32-2)21(33-3)20(14)29/h4-8,12,29H,9-11H2,1-3H3,(H,25,30)(H,27,28)/b26-17-. The minimum Gasteiger partial charge on any atom is -0.504 e. The smallest absolute Gasteiger partial charge is 0.259 e. The number of methoxy groups -OCH3 is 3. The summed E-state index contributed by atoms with van der Waals surface area (Å²) < 4.78 is 29.8. The number of phenolic OH excluding ortho intramolecular Hbond substituents is 1. The zero-order chi connectivity index (χ0) is 24.7. The van der Waals surface area contributed by atoms with Gasteiger partial charge in [-0.25, -0.2) is 9.82 Å². The molecule has 0 unspecified atom stereocenters. The zero-order valence-corrected chi connectivity index (χ0v) is 19.6. The van der Waals surface area contributed by atoms with E-state index in [2.05, 4.69) is 15.8 Å². The van der Waals surface area contributed by atoms with Gasteiger partial charge in [-0.1, -0.05) is 12.1 Å². The molecule has 0 atom stereocenters. The van der Waals surface area contributed by atoms with Gasteiger partial charge < -0.3 is 24.6 Å². The molecule has 3 N–H and O–H groups in total. The zero-order valence-electron chi connectivity index (χ0n) is 18.8. The van der Waals surface area contributed by atoms with E-state index in [-0.39, 0.29) is 22.9 Å². The van der Waals surface area contributed by atoms with Crippen molar-refractivity contribution in [2.24, 2.45) is 5.10 Å². The SMILES string of the molecule is COCC/C(=N/NC(=O)CNC(=O)c1ccc(OC)c(OC)c1O)c1csc2c(F)cccc12. The number of fused-ring (bicyclic) bond motifs is 1. The van der Waals surface area contributed by atoms with Gasteiger partial charge in [0.05, 0.1) is 43.3 Å². The molecule has 2 aromatic carbocycles. The van der Waals surface area contributed by atoms with Gasteiger partial charge in [-0.15, -0.1) is 11.3 Å². The quantitative estimate of drug-likeness (QED) is 0.298. The third-order valence-electron chi connectivity index (χ3n) is 4.89. The Labute approximate surface area is 199 Å². The molecule has 0 fully saturated rings. The summed E-state index contributed by atoms with van der Waals surface area (Å²) in [6.45, 7) is -0.0522. The van der Waals surface area contributed by atoms with E-state index >= 15 is 0 Å². The highest BCUT2D eigenvalue weighted by Crippen LogP contribution is 2.38. The Morgan fingerprint density at radius 2 is 1.91 bits per heavy atom. The van der Waals surface area contributed by atoms with Gasteiger partial charge in [-0.2, -0.15) is 5.10 Å². The largest absolute Gasteiger partial charge is 0.504 e. The molecule has 3 aromatic rings. The summed E-state index contributed by atoms with van der Waals surface area (Å²) in [6, 6.07) is 7.60. The number of halogens is 1. The van der Waals surface area contributed by atoms with Crippen LogP contribution in [0.5, 0.6) is 17.2 Å². The van der Waals surface area contributed by atoms with Crippen LogP contribution >= 0.6 is 11.3 Å². The number of hydrazone groups is 1. The summed E-state index contributed by atoms with van der Waals surface area (Å²) in [5.74, 6) is -1.74. The van der Waals surface area contributed by atoms with Crippen molar-refractivity contribution in [1.29, 1.82) is 0 Å². The summed E-state index contributed by atoms with van der Waals surface area (Å²) in [5, 5.41) is 19.3. The Bertz CT molecular complexity index is 1230. The molecule has 1 aromatic heterocycles. The van der Waals surface area contributed by atoms with E-state index in [4.69, 9.17) is 14.2 Å². The van der Waals surface area contributed by atoms with Gasteiger partial charge in [0, 0.05) is 29.9 Å². The molecule has 11 heteroatoms. The Balaban J connectivity index is 1.70. The first-order valence-corrected chi connectivity index (χ1v) is 11.0. The third-order valence-corrected chi connectivity index (χ3v) is 5.90. The summed E-state index contributed by atoms with van der Waals surface area (Å²) in [7, 11) is 4.27. The van der Waals surface area contributed by atoms with Gasteiger partial charge in [-0.05, 0) is 18.2 Å². The Morgan fingerprint density at radius 3 is 2.62 bits per heavy atom. The van der Waals surface area contributed by atoms with Gasteiger partial charge in [0.15, 0.2) is 11.5 Å². The molecular formula is C23H24FN3O6S. The number of nitrogens with zero attached hydrogens (tertiary/aromatic N) is 1. The molecule has 0 aliphatic heterocycles. The number of hydrogen-bond acceptors (Lipinski definition) is 8. The summed E-state index contributed by atoms with van der Waals surface area (Å²) >= 11 is 1.25. The fourth-order valence-electron chi connectivity index (χ4n) is 3.21. The van der Waals surface area contributed by atoms with E-state index < -0.39 is 24.1 Å². The monoisotopic (exact) mass is 489 g/mol. The number of rotatable bonds is 10. The lowest BCUT2D eigenvalue weighted by Gasteiger charge is -2.12. The van der Waals surface area contributed by atoms with E-state index in [1.165, 1.54) is 43.8 Å². The predicted molar refractivity (Wildman–Crippen MR) is 126 cm³/mol. The molecule has 1 heterocycles. The van der Waals surface area contributed by atoms with E-state index in [0.717, 1.165) is 0 Å². The number of hydrogen-bond donors (Lipinski definition) is 3. The van der Waals surface area contributed by atoms with Crippen LogP contribution in [0.2, 0.25) is 0 Å². The molecule has 3 rings (SSSR count). The normalized spacial score (nSPS) is 11.4. The molecule has 0 aliphatic carbocycles. The lowest BCUT2D eigenvalue weighted by molar-refractivity contribution is -0.120. The third kappa shape index (κ3) is 5.43. The van der Waals surface area contributed by atoms with E-state index in [1.54, 1.807) is 24.6 Å². The lowest BCUT2D eigenvalue weighted by atomic mass is 10.1. The van der Waals surface area contributed by atoms with Crippen molar-refractivity contribution in [2.75, 3.05) is 34.5 Å². The van der Waals surface area contributed by atoms with Crippen LogP contribution in [0.15, 0.2) is 40.8 Å². The Morgan fingerprint density at radius 1 is 1.12 bits per heavy atom. The van der Waals surface area contributed by atoms with Crippen LogP contribution < -0.4 is 20.2 Å². The second kappa shape index (κ2) is 11.4. The molecule has 0 saturated heterocycles. The Kier molecular flexibility index (Phi) is 8.39. The van der Waals surface area contributed by atoms with Crippen LogP contribution in [0.1, 0.15) is 22.3 Å². The van der Waals surface area contributed by atoms with E-state index in [0.29, 0.717) is 34.4 Å². The number of thiophene rings is 1. The number of carbonyl (C=O) groups is 2. The molecule has 0 aliphatic rings. The predicted octanol–water partition coefficient (Wildman–Crippen LogP) is 3.05. The second-order valence-corrected chi connectivity index (χ2v) is 7.86. The minimum absolute atomic E-state index is 0.00594. The maximum atomic E-state index is 14.1. The van der Waals surface area contributed by atoms with Crippen molar-refractivity contribution in [2.45, 2.75) is 6.42 Å². The second-order valence-electron chi connectivity index (χ2n) is 6.98. The van der Waals surface area contributed by atoms with E-state index in [9.17, 15) is 19.1 Å². The molecule has 180 valence electrons. The number of aromatic hydroxyl groups is 1. The van der Waals surface area contributed by atoms with Crippen molar-refractivity contribution < 1.29 is 33.3 Å². The number of amides is 2. The van der Waals surface area contributed by atoms with Gasteiger partial charge in [0.25, 0.3) is 11.8 Å². The van der Waals surface area contributed by atoms with Gasteiger partial charge in [0.2, 0.25) is 5.75 Å². The number of nitrogens with one attached hydrogen (secondary N) is 2. The number of benzene rings is 2. The maximum absolute atomic E-state index is 14.1. The highest BCUT2D eigenvalue weighted by Gasteiger charge is 2.20. The first-order valence-electron chi connectivity index (χ1n) is 10.1. The molecule has 34 heavy (non-hydrogen) atoms. The van der Waals surface area contributed by atoms with Crippen LogP contribution in [0, 0.1) is 5.82 Å². The van der Waals surface area contributed by atoms with Gasteiger partial charge >= 0.3 is 0 Å². The van der Waals surface area contributed by atoms with Gasteiger partial charge in [-0.3, -0.25) is 9.59 Å². The summed E-state index contributed by atoms with van der Waals surface area (Å²) in [4.78, 5) is 24.8. The van der Waals surface area contributed by atoms with Crippen molar-refractivity contribution >= 4 is 38.9 Å². The average Bonchev–Trinajstić information content (AvgIpc) is 3.27. The molecule has 9 nitrogen and oxygen atoms in total. The van der Waals surface area contributed by atoms with Crippen molar-refractivity contribution in [3.8, 4) is 17.2 Å². The number of phenols is 1. The molecule has 0 spiro atoms. The first-order chi connectivity index (χ1) is 16.4. The average molecular weight is 490 g/mol. The van der Waals surface area contributed by atoms with Crippen LogP contribution in [0.25, 0.3) is 10.1 Å². The molecule has 0 bridgehead atoms. The summed E-state index contributed by atoms with van der Waals surface area (Å²) in [6.07, 6.45) is 0.380. The number of carbonyl (C=O) groups excluding carboxylic acids is 2. The van der Waals surface area contributed by atoms with Gasteiger partial charge in [0.1, 0.15) is 5.82 Å². The fraction of sp³-hybridized carbons (Fsp3) is 0.261. The topological polar surface area (TPSA) is 118 Å². The number of ether oxygens (including phenoxy) is 3. The van der Waals surface area contributed by atoms with Crippen molar-refractivity contribution in [3.05, 3.63) is 52.7 Å². The highest BCUT2D eigenvalue weighted by atomic mass is 32.1. The van der Waals surface area contributed by atoms with Crippen molar-refractivity contribution in [3.63, 3.8) is 0 Å². The molecule has 2 amide bonds. The molecular weight excluding hydrogens is 465 g/mol. The van der Waals surface area contributed by atoms with Crippen LogP contribution in [0.4, 0.5) is 4.39 Å². The molecule has 0 radical (unpaired) electrons. The lowest BCUT2D eigenvalue weighted by Crippen LogP contribution is -2.35. The van der Waals surface area contributed by atoms with Crippen LogP contribution in [-0.4, -0.2) is 57.1 Å². The minimum atomic E-state index is -0.684. The van der Waals surface area contributed by atoms with E-state index in [1.807, 2.05) is 0 Å². The maximum Gasteiger partial charge on any atom is 0.259 e. The van der Waals surface area contributed by atoms with Crippen LogP contribution in [-0.2, 0) is 9.53 Å². The highest BCUT2D eigenvalue weighted by molar-refractivity contribution is 7.17. The van der Waals surface area contributed by atoms with Crippen molar-refractivity contribution in [1.82, 2.24) is 10.7 Å². The Hall–Kier alpha value is -3.70. The fourth-order valence-corrected chi connectivity index (χ4v) is 4.20.